The Balaban J connectivity index is 1.63. The van der Waals surface area contributed by atoms with E-state index in [1.165, 1.54) is 0 Å². The van der Waals surface area contributed by atoms with Crippen LogP contribution in [0.5, 0.6) is 0 Å². The van der Waals surface area contributed by atoms with Crippen molar-refractivity contribution >= 4 is 5.97 Å². The molecule has 2 saturated heterocycles. The molecule has 2 aliphatic heterocycles. The molecule has 5 heteroatoms. The molecular formula is C11H17NO4. The van der Waals surface area contributed by atoms with Crippen molar-refractivity contribution in [3.63, 3.8) is 0 Å². The SMILES string of the molecule is O=C(O)C1CCC1N1CCC2(C1)OCCO2. The van der Waals surface area contributed by atoms with Crippen LogP contribution in [-0.4, -0.2) is 54.1 Å². The van der Waals surface area contributed by atoms with E-state index in [4.69, 9.17) is 14.6 Å². The third-order valence-electron chi connectivity index (χ3n) is 4.06. The van der Waals surface area contributed by atoms with Crippen LogP contribution >= 0.6 is 0 Å². The summed E-state index contributed by atoms with van der Waals surface area (Å²) in [6.45, 7) is 2.97. The number of nitrogens with zero attached hydrogens (tertiary/aromatic N) is 1. The minimum Gasteiger partial charge on any atom is -0.481 e. The van der Waals surface area contributed by atoms with Gasteiger partial charge in [-0.2, -0.15) is 0 Å². The minimum absolute atomic E-state index is 0.184. The van der Waals surface area contributed by atoms with Crippen LogP contribution < -0.4 is 0 Å². The lowest BCUT2D eigenvalue weighted by molar-refractivity contribution is -0.157. The predicted molar refractivity (Wildman–Crippen MR) is 55.0 cm³/mol. The van der Waals surface area contributed by atoms with E-state index >= 15 is 0 Å². The molecule has 0 bridgehead atoms. The van der Waals surface area contributed by atoms with Crippen LogP contribution in [0.1, 0.15) is 19.3 Å². The average molecular weight is 227 g/mol. The predicted octanol–water partition coefficient (Wildman–Crippen LogP) is 0.298. The summed E-state index contributed by atoms with van der Waals surface area (Å²) >= 11 is 0. The van der Waals surface area contributed by atoms with Gasteiger partial charge >= 0.3 is 5.97 Å². The highest BCUT2D eigenvalue weighted by Gasteiger charge is 2.49. The Kier molecular flexibility index (Phi) is 2.42. The fourth-order valence-electron chi connectivity index (χ4n) is 3.00. The highest BCUT2D eigenvalue weighted by atomic mass is 16.7. The topological polar surface area (TPSA) is 59.0 Å². The third kappa shape index (κ3) is 1.54. The first-order valence-corrected chi connectivity index (χ1v) is 5.95. The number of ether oxygens (including phenoxy) is 2. The van der Waals surface area contributed by atoms with Crippen molar-refractivity contribution < 1.29 is 19.4 Å². The van der Waals surface area contributed by atoms with Crippen molar-refractivity contribution in [2.45, 2.75) is 31.1 Å². The molecule has 90 valence electrons. The summed E-state index contributed by atoms with van der Waals surface area (Å²) in [4.78, 5) is 13.2. The molecule has 1 saturated carbocycles. The molecule has 3 aliphatic rings. The molecule has 2 unspecified atom stereocenters. The van der Waals surface area contributed by atoms with Crippen molar-refractivity contribution in [2.24, 2.45) is 5.92 Å². The standard InChI is InChI=1S/C11H17NO4/c13-10(14)8-1-2-9(8)12-4-3-11(7-12)15-5-6-16-11/h8-9H,1-7H2,(H,13,14). The summed E-state index contributed by atoms with van der Waals surface area (Å²) in [7, 11) is 0. The Bertz CT molecular complexity index is 300. The van der Waals surface area contributed by atoms with E-state index in [0.717, 1.165) is 32.4 Å². The Morgan fingerprint density at radius 1 is 1.31 bits per heavy atom. The third-order valence-corrected chi connectivity index (χ3v) is 4.06. The van der Waals surface area contributed by atoms with E-state index in [1.54, 1.807) is 0 Å². The molecule has 3 rings (SSSR count). The van der Waals surface area contributed by atoms with Gasteiger partial charge in [0.05, 0.1) is 25.7 Å². The number of hydrogen-bond acceptors (Lipinski definition) is 4. The van der Waals surface area contributed by atoms with Gasteiger partial charge in [0.2, 0.25) is 0 Å². The van der Waals surface area contributed by atoms with E-state index in [9.17, 15) is 4.79 Å². The molecule has 0 aromatic heterocycles. The molecule has 3 fully saturated rings. The summed E-state index contributed by atoms with van der Waals surface area (Å²) in [6, 6.07) is 0.199. The van der Waals surface area contributed by atoms with Crippen molar-refractivity contribution in [3.8, 4) is 0 Å². The van der Waals surface area contributed by atoms with Gasteiger partial charge in [0.1, 0.15) is 0 Å². The molecule has 0 amide bonds. The number of hydrogen-bond donors (Lipinski definition) is 1. The molecule has 1 aliphatic carbocycles. The monoisotopic (exact) mass is 227 g/mol. The Labute approximate surface area is 94.3 Å². The van der Waals surface area contributed by atoms with Crippen molar-refractivity contribution in [1.29, 1.82) is 0 Å². The number of carboxylic acids is 1. The normalized spacial score (nSPS) is 37.8. The lowest BCUT2D eigenvalue weighted by atomic mass is 9.78. The van der Waals surface area contributed by atoms with Crippen LogP contribution in [0, 0.1) is 5.92 Å². The maximum Gasteiger partial charge on any atom is 0.308 e. The lowest BCUT2D eigenvalue weighted by Gasteiger charge is -2.40. The molecular weight excluding hydrogens is 210 g/mol. The van der Waals surface area contributed by atoms with Crippen LogP contribution in [0.2, 0.25) is 0 Å². The highest BCUT2D eigenvalue weighted by molar-refractivity contribution is 5.72. The van der Waals surface area contributed by atoms with Crippen molar-refractivity contribution in [2.75, 3.05) is 26.3 Å². The zero-order chi connectivity index (χ0) is 11.2. The largest absolute Gasteiger partial charge is 0.481 e. The molecule has 2 atom stereocenters. The Morgan fingerprint density at radius 2 is 2.06 bits per heavy atom. The second-order valence-electron chi connectivity index (χ2n) is 4.92. The second-order valence-corrected chi connectivity index (χ2v) is 4.92. The highest BCUT2D eigenvalue weighted by Crippen LogP contribution is 2.39. The van der Waals surface area contributed by atoms with Gasteiger partial charge < -0.3 is 14.6 Å². The summed E-state index contributed by atoms with van der Waals surface area (Å²) in [5.41, 5.74) is 0. The van der Waals surface area contributed by atoms with Gasteiger partial charge in [-0.25, -0.2) is 0 Å². The van der Waals surface area contributed by atoms with Crippen molar-refractivity contribution in [1.82, 2.24) is 4.90 Å². The van der Waals surface area contributed by atoms with Gasteiger partial charge in [-0.05, 0) is 12.8 Å². The maximum absolute atomic E-state index is 11.0. The van der Waals surface area contributed by atoms with Crippen LogP contribution in [0.3, 0.4) is 0 Å². The maximum atomic E-state index is 11.0. The van der Waals surface area contributed by atoms with E-state index in [2.05, 4.69) is 4.90 Å². The van der Waals surface area contributed by atoms with Crippen LogP contribution in [-0.2, 0) is 14.3 Å². The number of aliphatic carboxylic acids is 1. The summed E-state index contributed by atoms with van der Waals surface area (Å²) in [6.07, 6.45) is 2.67. The molecule has 1 N–H and O–H groups in total. The average Bonchev–Trinajstić information content (AvgIpc) is 2.75. The van der Waals surface area contributed by atoms with Crippen LogP contribution in [0.15, 0.2) is 0 Å². The molecule has 0 radical (unpaired) electrons. The first-order chi connectivity index (χ1) is 7.70. The van der Waals surface area contributed by atoms with E-state index in [-0.39, 0.29) is 12.0 Å². The summed E-state index contributed by atoms with van der Waals surface area (Å²) in [5.74, 6) is -1.26. The summed E-state index contributed by atoms with van der Waals surface area (Å²) < 4.78 is 11.3. The van der Waals surface area contributed by atoms with Crippen molar-refractivity contribution in [3.05, 3.63) is 0 Å². The Morgan fingerprint density at radius 3 is 2.62 bits per heavy atom. The zero-order valence-corrected chi connectivity index (χ0v) is 9.22. The molecule has 0 aromatic carbocycles. The first-order valence-electron chi connectivity index (χ1n) is 5.95. The Hall–Kier alpha value is -0.650. The van der Waals surface area contributed by atoms with Gasteiger partial charge in [-0.3, -0.25) is 9.69 Å². The molecule has 1 spiro atoms. The summed E-state index contributed by atoms with van der Waals surface area (Å²) in [5, 5.41) is 9.03. The molecule has 0 aromatic rings. The fourth-order valence-corrected chi connectivity index (χ4v) is 3.00. The van der Waals surface area contributed by atoms with Gasteiger partial charge in [0.25, 0.3) is 0 Å². The number of carboxylic acid groups (broad SMARTS) is 1. The first kappa shape index (κ1) is 10.5. The number of carbonyl (C=O) groups is 1. The van der Waals surface area contributed by atoms with Crippen LogP contribution in [0.4, 0.5) is 0 Å². The van der Waals surface area contributed by atoms with Gasteiger partial charge in [-0.1, -0.05) is 0 Å². The van der Waals surface area contributed by atoms with E-state index < -0.39 is 11.8 Å². The molecule has 2 heterocycles. The van der Waals surface area contributed by atoms with E-state index in [1.807, 2.05) is 0 Å². The second kappa shape index (κ2) is 3.68. The van der Waals surface area contributed by atoms with Gasteiger partial charge in [0, 0.05) is 19.0 Å². The number of rotatable bonds is 2. The fraction of sp³-hybridized carbons (Fsp3) is 0.909. The smallest absolute Gasteiger partial charge is 0.308 e. The van der Waals surface area contributed by atoms with Gasteiger partial charge in [-0.15, -0.1) is 0 Å². The minimum atomic E-state index is -0.662. The van der Waals surface area contributed by atoms with Gasteiger partial charge in [0.15, 0.2) is 5.79 Å². The zero-order valence-electron chi connectivity index (χ0n) is 9.22. The quantitative estimate of drug-likeness (QED) is 0.735. The number of likely N-dealkylation sites (tertiary alicyclic amines) is 1. The lowest BCUT2D eigenvalue weighted by Crippen LogP contribution is -2.50. The molecule has 16 heavy (non-hydrogen) atoms. The van der Waals surface area contributed by atoms with Crippen LogP contribution in [0.25, 0.3) is 0 Å². The molecule has 5 nitrogen and oxygen atoms in total. The van der Waals surface area contributed by atoms with E-state index in [0.29, 0.717) is 13.2 Å².